The van der Waals surface area contributed by atoms with Gasteiger partial charge in [-0.2, -0.15) is 0 Å². The summed E-state index contributed by atoms with van der Waals surface area (Å²) in [5.41, 5.74) is 2.07. The number of anilines is 1. The molecule has 2 saturated heterocycles. The van der Waals surface area contributed by atoms with Crippen LogP contribution in [0.1, 0.15) is 32.3 Å². The van der Waals surface area contributed by atoms with Crippen molar-refractivity contribution in [2.45, 2.75) is 33.1 Å². The maximum Gasteiger partial charge on any atom is 0.238 e. The Labute approximate surface area is 168 Å². The van der Waals surface area contributed by atoms with E-state index in [9.17, 15) is 9.59 Å². The number of carbonyl (C=O) groups excluding carboxylic acids is 2. The number of hydrogen-bond acceptors (Lipinski definition) is 4. The van der Waals surface area contributed by atoms with Crippen molar-refractivity contribution in [2.75, 3.05) is 57.7 Å². The van der Waals surface area contributed by atoms with Crippen molar-refractivity contribution < 1.29 is 9.59 Å². The standard InChI is InChI=1S/C22H34N4O2/c1-3-19-8-4-5-9-20(19)23-21(27)16-24-11-13-25(14-12-24)17-22(28)26-10-6-7-18(2)15-26/h4-5,8-9,18H,3,6-7,10-17H2,1-2H3,(H,23,27). The highest BCUT2D eigenvalue weighted by molar-refractivity contribution is 5.93. The lowest BCUT2D eigenvalue weighted by Crippen LogP contribution is -2.52. The van der Waals surface area contributed by atoms with E-state index in [1.54, 1.807) is 0 Å². The Bertz CT molecular complexity index is 670. The smallest absolute Gasteiger partial charge is 0.238 e. The molecule has 154 valence electrons. The van der Waals surface area contributed by atoms with Gasteiger partial charge in [0, 0.05) is 45.0 Å². The van der Waals surface area contributed by atoms with Crippen molar-refractivity contribution in [3.05, 3.63) is 29.8 Å². The third kappa shape index (κ3) is 5.79. The highest BCUT2D eigenvalue weighted by Gasteiger charge is 2.25. The van der Waals surface area contributed by atoms with Gasteiger partial charge in [0.1, 0.15) is 0 Å². The van der Waals surface area contributed by atoms with Gasteiger partial charge in [-0.05, 0) is 36.8 Å². The second-order valence-electron chi connectivity index (χ2n) is 8.20. The summed E-state index contributed by atoms with van der Waals surface area (Å²) >= 11 is 0. The monoisotopic (exact) mass is 386 g/mol. The molecule has 6 nitrogen and oxygen atoms in total. The van der Waals surface area contributed by atoms with Crippen LogP contribution < -0.4 is 5.32 Å². The summed E-state index contributed by atoms with van der Waals surface area (Å²) < 4.78 is 0. The number of carbonyl (C=O) groups is 2. The van der Waals surface area contributed by atoms with Gasteiger partial charge in [-0.25, -0.2) is 0 Å². The summed E-state index contributed by atoms with van der Waals surface area (Å²) in [4.78, 5) is 31.4. The van der Waals surface area contributed by atoms with Gasteiger partial charge in [0.25, 0.3) is 0 Å². The summed E-state index contributed by atoms with van der Waals surface area (Å²) in [6.45, 7) is 10.4. The fraction of sp³-hybridized carbons (Fsp3) is 0.636. The molecule has 1 aromatic carbocycles. The van der Waals surface area contributed by atoms with Gasteiger partial charge in [0.15, 0.2) is 0 Å². The van der Waals surface area contributed by atoms with E-state index in [2.05, 4.69) is 35.0 Å². The van der Waals surface area contributed by atoms with Crippen LogP contribution in [0.5, 0.6) is 0 Å². The molecular formula is C22H34N4O2. The fourth-order valence-corrected chi connectivity index (χ4v) is 4.16. The molecule has 1 N–H and O–H groups in total. The number of rotatable bonds is 6. The van der Waals surface area contributed by atoms with Crippen LogP contribution in [0.25, 0.3) is 0 Å². The molecule has 2 amide bonds. The number of nitrogens with zero attached hydrogens (tertiary/aromatic N) is 3. The maximum atomic E-state index is 12.5. The Balaban J connectivity index is 1.40. The van der Waals surface area contributed by atoms with Gasteiger partial charge in [-0.3, -0.25) is 19.4 Å². The zero-order valence-corrected chi connectivity index (χ0v) is 17.3. The summed E-state index contributed by atoms with van der Waals surface area (Å²) in [6.07, 6.45) is 3.25. The first kappa shape index (κ1) is 20.8. The molecule has 1 atom stereocenters. The molecule has 1 unspecified atom stereocenters. The molecule has 2 heterocycles. The number of benzene rings is 1. The molecule has 3 rings (SSSR count). The quantitative estimate of drug-likeness (QED) is 0.813. The van der Waals surface area contributed by atoms with Crippen LogP contribution in [0.2, 0.25) is 0 Å². The van der Waals surface area contributed by atoms with Gasteiger partial charge in [0.05, 0.1) is 13.1 Å². The first-order valence-electron chi connectivity index (χ1n) is 10.7. The molecule has 0 aliphatic carbocycles. The summed E-state index contributed by atoms with van der Waals surface area (Å²) in [5.74, 6) is 0.910. The molecule has 1 aromatic rings. The average Bonchev–Trinajstić information content (AvgIpc) is 2.70. The number of amides is 2. The highest BCUT2D eigenvalue weighted by Crippen LogP contribution is 2.17. The Hall–Kier alpha value is -1.92. The van der Waals surface area contributed by atoms with E-state index in [1.165, 1.54) is 6.42 Å². The first-order chi connectivity index (χ1) is 13.5. The zero-order valence-electron chi connectivity index (χ0n) is 17.3. The van der Waals surface area contributed by atoms with E-state index >= 15 is 0 Å². The van der Waals surface area contributed by atoms with Crippen LogP contribution in [-0.4, -0.2) is 78.9 Å². The van der Waals surface area contributed by atoms with Crippen molar-refractivity contribution in [2.24, 2.45) is 5.92 Å². The number of para-hydroxylation sites is 1. The molecule has 2 aliphatic heterocycles. The third-order valence-electron chi connectivity index (χ3n) is 5.87. The minimum Gasteiger partial charge on any atom is -0.341 e. The molecule has 28 heavy (non-hydrogen) atoms. The zero-order chi connectivity index (χ0) is 19.9. The van der Waals surface area contributed by atoms with Crippen molar-refractivity contribution >= 4 is 17.5 Å². The number of piperidine rings is 1. The van der Waals surface area contributed by atoms with Gasteiger partial charge in [0.2, 0.25) is 11.8 Å². The van der Waals surface area contributed by atoms with Crippen LogP contribution in [0.3, 0.4) is 0 Å². The molecule has 0 aromatic heterocycles. The largest absolute Gasteiger partial charge is 0.341 e. The van der Waals surface area contributed by atoms with E-state index in [1.807, 2.05) is 23.1 Å². The number of piperazine rings is 1. The molecular weight excluding hydrogens is 352 g/mol. The van der Waals surface area contributed by atoms with E-state index in [-0.39, 0.29) is 11.8 Å². The second kappa shape index (κ2) is 10.0. The Kier molecular flexibility index (Phi) is 7.45. The van der Waals surface area contributed by atoms with E-state index in [4.69, 9.17) is 0 Å². The minimum atomic E-state index is 0.0349. The summed E-state index contributed by atoms with van der Waals surface area (Å²) in [5, 5.41) is 3.04. The van der Waals surface area contributed by atoms with E-state index in [0.29, 0.717) is 19.0 Å². The van der Waals surface area contributed by atoms with E-state index < -0.39 is 0 Å². The number of nitrogens with one attached hydrogen (secondary N) is 1. The van der Waals surface area contributed by atoms with Crippen LogP contribution in [0.4, 0.5) is 5.69 Å². The predicted octanol–water partition coefficient (Wildman–Crippen LogP) is 2.06. The van der Waals surface area contributed by atoms with Crippen molar-refractivity contribution in [3.63, 3.8) is 0 Å². The SMILES string of the molecule is CCc1ccccc1NC(=O)CN1CCN(CC(=O)N2CCCC(C)C2)CC1. The van der Waals surface area contributed by atoms with Gasteiger partial charge in [-0.15, -0.1) is 0 Å². The van der Waals surface area contributed by atoms with Gasteiger partial charge in [-0.1, -0.05) is 32.0 Å². The van der Waals surface area contributed by atoms with Gasteiger partial charge >= 0.3 is 0 Å². The lowest BCUT2D eigenvalue weighted by molar-refractivity contribution is -0.134. The van der Waals surface area contributed by atoms with Crippen LogP contribution >= 0.6 is 0 Å². The topological polar surface area (TPSA) is 55.9 Å². The first-order valence-corrected chi connectivity index (χ1v) is 10.7. The lowest BCUT2D eigenvalue weighted by atomic mass is 10.0. The maximum absolute atomic E-state index is 12.5. The number of aryl methyl sites for hydroxylation is 1. The van der Waals surface area contributed by atoms with Crippen LogP contribution in [0, 0.1) is 5.92 Å². The van der Waals surface area contributed by atoms with E-state index in [0.717, 1.165) is 63.4 Å². The third-order valence-corrected chi connectivity index (χ3v) is 5.87. The number of hydrogen-bond donors (Lipinski definition) is 1. The fourth-order valence-electron chi connectivity index (χ4n) is 4.16. The number of likely N-dealkylation sites (tertiary alicyclic amines) is 1. The summed E-state index contributed by atoms with van der Waals surface area (Å²) in [6, 6.07) is 7.96. The lowest BCUT2D eigenvalue weighted by Gasteiger charge is -2.36. The normalized spacial score (nSPS) is 21.5. The predicted molar refractivity (Wildman–Crippen MR) is 112 cm³/mol. The Morgan fingerprint density at radius 3 is 2.39 bits per heavy atom. The highest BCUT2D eigenvalue weighted by atomic mass is 16.2. The minimum absolute atomic E-state index is 0.0349. The Morgan fingerprint density at radius 1 is 1.04 bits per heavy atom. The molecule has 0 spiro atoms. The molecule has 2 aliphatic rings. The Morgan fingerprint density at radius 2 is 1.71 bits per heavy atom. The van der Waals surface area contributed by atoms with Crippen LogP contribution in [0.15, 0.2) is 24.3 Å². The summed E-state index contributed by atoms with van der Waals surface area (Å²) in [7, 11) is 0. The van der Waals surface area contributed by atoms with Gasteiger partial charge < -0.3 is 10.2 Å². The molecule has 0 radical (unpaired) electrons. The molecule has 0 bridgehead atoms. The molecule has 2 fully saturated rings. The van der Waals surface area contributed by atoms with Crippen LogP contribution in [-0.2, 0) is 16.0 Å². The van der Waals surface area contributed by atoms with Crippen molar-refractivity contribution in [3.8, 4) is 0 Å². The second-order valence-corrected chi connectivity index (χ2v) is 8.20. The average molecular weight is 387 g/mol. The molecule has 6 heteroatoms. The van der Waals surface area contributed by atoms with Crippen molar-refractivity contribution in [1.82, 2.24) is 14.7 Å². The van der Waals surface area contributed by atoms with Crippen molar-refractivity contribution in [1.29, 1.82) is 0 Å². The molecule has 0 saturated carbocycles.